The fourth-order valence-electron chi connectivity index (χ4n) is 2.11. The molecule has 2 aromatic rings. The van der Waals surface area contributed by atoms with E-state index < -0.39 is 17.6 Å². The lowest BCUT2D eigenvalue weighted by Crippen LogP contribution is -2.33. The Morgan fingerprint density at radius 2 is 2.04 bits per heavy atom. The van der Waals surface area contributed by atoms with E-state index in [4.69, 9.17) is 4.52 Å². The van der Waals surface area contributed by atoms with E-state index in [9.17, 15) is 18.0 Å². The standard InChI is InChI=1S/C15H17F3N4O2/c1-3-22(9-14-19-10(2)21-24-14)8-13(23)20-12-7-5-4-6-11(12)15(16,17)18/h4-7H,3,8-9H2,1-2H3,(H,20,23). The van der Waals surface area contributed by atoms with Gasteiger partial charge in [-0.2, -0.15) is 18.2 Å². The minimum Gasteiger partial charge on any atom is -0.338 e. The minimum absolute atomic E-state index is 0.0931. The zero-order valence-electron chi connectivity index (χ0n) is 13.2. The molecular weight excluding hydrogens is 325 g/mol. The molecule has 2 rings (SSSR count). The number of likely N-dealkylation sites (N-methyl/N-ethyl adjacent to an activating group) is 1. The first-order valence-corrected chi connectivity index (χ1v) is 7.27. The molecule has 0 bridgehead atoms. The van der Waals surface area contributed by atoms with Gasteiger partial charge in [0.05, 0.1) is 24.3 Å². The highest BCUT2D eigenvalue weighted by Gasteiger charge is 2.33. The summed E-state index contributed by atoms with van der Waals surface area (Å²) in [6.07, 6.45) is -4.53. The van der Waals surface area contributed by atoms with Crippen molar-refractivity contribution in [2.75, 3.05) is 18.4 Å². The first-order valence-electron chi connectivity index (χ1n) is 7.27. The molecule has 9 heteroatoms. The maximum absolute atomic E-state index is 12.9. The van der Waals surface area contributed by atoms with Crippen LogP contribution < -0.4 is 5.32 Å². The molecule has 6 nitrogen and oxygen atoms in total. The van der Waals surface area contributed by atoms with Crippen LogP contribution in [0.15, 0.2) is 28.8 Å². The lowest BCUT2D eigenvalue weighted by atomic mass is 10.1. The highest BCUT2D eigenvalue weighted by Crippen LogP contribution is 2.34. The van der Waals surface area contributed by atoms with Gasteiger partial charge in [0.2, 0.25) is 11.8 Å². The average molecular weight is 342 g/mol. The van der Waals surface area contributed by atoms with Crippen molar-refractivity contribution in [2.24, 2.45) is 0 Å². The average Bonchev–Trinajstić information content (AvgIpc) is 2.91. The summed E-state index contributed by atoms with van der Waals surface area (Å²) >= 11 is 0. The summed E-state index contributed by atoms with van der Waals surface area (Å²) in [5, 5.41) is 5.96. The van der Waals surface area contributed by atoms with Crippen LogP contribution in [0.4, 0.5) is 18.9 Å². The van der Waals surface area contributed by atoms with E-state index in [1.165, 1.54) is 18.2 Å². The van der Waals surface area contributed by atoms with Crippen LogP contribution >= 0.6 is 0 Å². The number of para-hydroxylation sites is 1. The molecule has 0 atom stereocenters. The van der Waals surface area contributed by atoms with Gasteiger partial charge in [-0.15, -0.1) is 0 Å². The molecule has 1 N–H and O–H groups in total. The van der Waals surface area contributed by atoms with E-state index in [0.29, 0.717) is 18.3 Å². The number of alkyl halides is 3. The van der Waals surface area contributed by atoms with Crippen LogP contribution in [0.25, 0.3) is 0 Å². The number of hydrogen-bond acceptors (Lipinski definition) is 5. The summed E-state index contributed by atoms with van der Waals surface area (Å²) in [6, 6.07) is 4.85. The monoisotopic (exact) mass is 342 g/mol. The van der Waals surface area contributed by atoms with Gasteiger partial charge in [-0.3, -0.25) is 9.69 Å². The number of nitrogens with zero attached hydrogens (tertiary/aromatic N) is 3. The third-order valence-electron chi connectivity index (χ3n) is 3.25. The van der Waals surface area contributed by atoms with E-state index in [0.717, 1.165) is 6.07 Å². The maximum Gasteiger partial charge on any atom is 0.418 e. The number of carbonyl (C=O) groups excluding carboxylic acids is 1. The topological polar surface area (TPSA) is 71.3 Å². The molecule has 24 heavy (non-hydrogen) atoms. The van der Waals surface area contributed by atoms with Crippen molar-refractivity contribution in [3.05, 3.63) is 41.5 Å². The second-order valence-electron chi connectivity index (χ2n) is 5.13. The van der Waals surface area contributed by atoms with Gasteiger partial charge in [-0.1, -0.05) is 24.2 Å². The molecule has 0 saturated carbocycles. The van der Waals surface area contributed by atoms with Gasteiger partial charge >= 0.3 is 6.18 Å². The molecule has 0 spiro atoms. The highest BCUT2D eigenvalue weighted by atomic mass is 19.4. The third kappa shape index (κ3) is 4.79. The SMILES string of the molecule is CCN(CC(=O)Nc1ccccc1C(F)(F)F)Cc1nc(C)no1. The Morgan fingerprint density at radius 1 is 1.33 bits per heavy atom. The molecule has 0 saturated heterocycles. The highest BCUT2D eigenvalue weighted by molar-refractivity contribution is 5.93. The predicted octanol–water partition coefficient (Wildman–Crippen LogP) is 2.86. The van der Waals surface area contributed by atoms with E-state index in [-0.39, 0.29) is 18.8 Å². The largest absolute Gasteiger partial charge is 0.418 e. The molecular formula is C15H17F3N4O2. The van der Waals surface area contributed by atoms with Gasteiger partial charge in [-0.25, -0.2) is 0 Å². The van der Waals surface area contributed by atoms with Crippen molar-refractivity contribution in [3.63, 3.8) is 0 Å². The Labute approximate surface area is 136 Å². The molecule has 0 unspecified atom stereocenters. The van der Waals surface area contributed by atoms with Crippen LogP contribution in [0.3, 0.4) is 0 Å². The Hall–Kier alpha value is -2.42. The summed E-state index contributed by atoms with van der Waals surface area (Å²) < 4.78 is 43.8. The van der Waals surface area contributed by atoms with Crippen molar-refractivity contribution in [3.8, 4) is 0 Å². The van der Waals surface area contributed by atoms with Gasteiger partial charge in [-0.05, 0) is 25.6 Å². The summed E-state index contributed by atoms with van der Waals surface area (Å²) in [5.41, 5.74) is -1.14. The first kappa shape index (κ1) is 17.9. The number of anilines is 1. The fourth-order valence-corrected chi connectivity index (χ4v) is 2.11. The molecule has 1 heterocycles. The normalized spacial score (nSPS) is 11.8. The fraction of sp³-hybridized carbons (Fsp3) is 0.400. The van der Waals surface area contributed by atoms with Crippen LogP contribution in [0, 0.1) is 6.92 Å². The second kappa shape index (κ2) is 7.43. The zero-order chi connectivity index (χ0) is 17.7. The van der Waals surface area contributed by atoms with E-state index in [2.05, 4.69) is 15.5 Å². The Balaban J connectivity index is 2.02. The van der Waals surface area contributed by atoms with Crippen molar-refractivity contribution < 1.29 is 22.5 Å². The van der Waals surface area contributed by atoms with Gasteiger partial charge in [0.25, 0.3) is 0 Å². The van der Waals surface area contributed by atoms with Gasteiger partial charge < -0.3 is 9.84 Å². The summed E-state index contributed by atoms with van der Waals surface area (Å²) in [5.74, 6) is 0.271. The number of aryl methyl sites for hydroxylation is 1. The lowest BCUT2D eigenvalue weighted by molar-refractivity contribution is -0.137. The van der Waals surface area contributed by atoms with E-state index in [1.54, 1.807) is 11.8 Å². The maximum atomic E-state index is 12.9. The summed E-state index contributed by atoms with van der Waals surface area (Å²) in [7, 11) is 0. The quantitative estimate of drug-likeness (QED) is 0.874. The Kier molecular flexibility index (Phi) is 5.55. The molecule has 1 aromatic carbocycles. The smallest absolute Gasteiger partial charge is 0.338 e. The number of aromatic nitrogens is 2. The van der Waals surface area contributed by atoms with Crippen LogP contribution in [-0.4, -0.2) is 34.0 Å². The van der Waals surface area contributed by atoms with Crippen LogP contribution in [-0.2, 0) is 17.5 Å². The number of rotatable bonds is 6. The van der Waals surface area contributed by atoms with Gasteiger partial charge in [0.1, 0.15) is 0 Å². The minimum atomic E-state index is -4.53. The number of hydrogen-bond donors (Lipinski definition) is 1. The summed E-state index contributed by atoms with van der Waals surface area (Å²) in [6.45, 7) is 4.13. The lowest BCUT2D eigenvalue weighted by Gasteiger charge is -2.19. The zero-order valence-corrected chi connectivity index (χ0v) is 13.2. The van der Waals surface area contributed by atoms with Crippen molar-refractivity contribution >= 4 is 11.6 Å². The third-order valence-corrected chi connectivity index (χ3v) is 3.25. The molecule has 1 amide bonds. The second-order valence-corrected chi connectivity index (χ2v) is 5.13. The number of nitrogens with one attached hydrogen (secondary N) is 1. The number of halogens is 3. The molecule has 130 valence electrons. The van der Waals surface area contributed by atoms with Crippen LogP contribution in [0.1, 0.15) is 24.2 Å². The van der Waals surface area contributed by atoms with Crippen molar-refractivity contribution in [2.45, 2.75) is 26.6 Å². The Morgan fingerprint density at radius 3 is 2.62 bits per heavy atom. The van der Waals surface area contributed by atoms with Gasteiger partial charge in [0, 0.05) is 0 Å². The summed E-state index contributed by atoms with van der Waals surface area (Å²) in [4.78, 5) is 17.8. The molecule has 0 fully saturated rings. The molecule has 0 aliphatic heterocycles. The number of carbonyl (C=O) groups is 1. The van der Waals surface area contributed by atoms with Crippen LogP contribution in [0.2, 0.25) is 0 Å². The number of benzene rings is 1. The van der Waals surface area contributed by atoms with Crippen molar-refractivity contribution in [1.29, 1.82) is 0 Å². The molecule has 0 aliphatic carbocycles. The molecule has 0 aliphatic rings. The predicted molar refractivity (Wildman–Crippen MR) is 80.1 cm³/mol. The van der Waals surface area contributed by atoms with Crippen molar-refractivity contribution in [1.82, 2.24) is 15.0 Å². The molecule has 0 radical (unpaired) electrons. The van der Waals surface area contributed by atoms with E-state index in [1.807, 2.05) is 6.92 Å². The Bertz CT molecular complexity index is 700. The first-order chi connectivity index (χ1) is 11.3. The van der Waals surface area contributed by atoms with Gasteiger partial charge in [0.15, 0.2) is 5.82 Å². The van der Waals surface area contributed by atoms with Crippen LogP contribution in [0.5, 0.6) is 0 Å². The van der Waals surface area contributed by atoms with E-state index >= 15 is 0 Å². The molecule has 1 aromatic heterocycles. The number of amides is 1.